The van der Waals surface area contributed by atoms with Crippen LogP contribution in [0.25, 0.3) is 0 Å². The molecule has 0 saturated heterocycles. The maximum atomic E-state index is 14.0. The number of benzene rings is 2. The molecule has 0 aromatic heterocycles. The number of hydrogen-bond donors (Lipinski definition) is 4. The first-order chi connectivity index (χ1) is 9.52. The van der Waals surface area contributed by atoms with Gasteiger partial charge in [-0.15, -0.1) is 0 Å². The summed E-state index contributed by atoms with van der Waals surface area (Å²) >= 11 is 5.75. The first kappa shape index (κ1) is 14.4. The van der Waals surface area contributed by atoms with Crippen LogP contribution < -0.4 is 16.8 Å². The quantitative estimate of drug-likeness (QED) is 0.654. The lowest BCUT2D eigenvalue weighted by Gasteiger charge is -2.13. The summed E-state index contributed by atoms with van der Waals surface area (Å²) in [5, 5.41) is 11.7. The van der Waals surface area contributed by atoms with Crippen LogP contribution in [0.15, 0.2) is 30.3 Å². The smallest absolute Gasteiger partial charge is 0.169 e. The van der Waals surface area contributed by atoms with Crippen LogP contribution in [-0.2, 0) is 13.2 Å². The number of aliphatic hydroxyl groups excluding tert-OH is 1. The van der Waals surface area contributed by atoms with Gasteiger partial charge in [0.15, 0.2) is 5.82 Å². The van der Waals surface area contributed by atoms with Crippen LogP contribution in [-0.4, -0.2) is 5.11 Å². The van der Waals surface area contributed by atoms with Crippen molar-refractivity contribution in [2.75, 3.05) is 16.8 Å². The number of aliphatic hydroxyl groups is 1. The summed E-state index contributed by atoms with van der Waals surface area (Å²) in [7, 11) is 0. The lowest BCUT2D eigenvalue weighted by molar-refractivity contribution is 0.282. The lowest BCUT2D eigenvalue weighted by Crippen LogP contribution is -2.06. The Morgan fingerprint density at radius 3 is 2.30 bits per heavy atom. The Labute approximate surface area is 121 Å². The van der Waals surface area contributed by atoms with Gasteiger partial charge in [0.1, 0.15) is 5.02 Å². The molecule has 0 bridgehead atoms. The second-order valence-electron chi connectivity index (χ2n) is 4.39. The largest absolute Gasteiger partial charge is 0.397 e. The molecule has 2 aromatic carbocycles. The van der Waals surface area contributed by atoms with Gasteiger partial charge in [0, 0.05) is 6.54 Å². The molecule has 0 saturated carbocycles. The average molecular weight is 296 g/mol. The predicted octanol–water partition coefficient (Wildman–Crippen LogP) is 2.75. The Balaban J connectivity index is 2.16. The van der Waals surface area contributed by atoms with Crippen LogP contribution >= 0.6 is 11.6 Å². The molecule has 0 unspecified atom stereocenters. The van der Waals surface area contributed by atoms with Gasteiger partial charge in [0.25, 0.3) is 0 Å². The van der Waals surface area contributed by atoms with Crippen LogP contribution in [0, 0.1) is 5.82 Å². The van der Waals surface area contributed by atoms with E-state index in [1.165, 1.54) is 6.07 Å². The highest BCUT2D eigenvalue weighted by molar-refractivity contribution is 6.33. The topological polar surface area (TPSA) is 84.3 Å². The van der Waals surface area contributed by atoms with E-state index in [2.05, 4.69) is 5.32 Å². The third kappa shape index (κ3) is 2.95. The first-order valence-corrected chi connectivity index (χ1v) is 6.36. The Kier molecular flexibility index (Phi) is 4.32. The van der Waals surface area contributed by atoms with Gasteiger partial charge < -0.3 is 21.9 Å². The predicted molar refractivity (Wildman–Crippen MR) is 79.9 cm³/mol. The molecule has 4 nitrogen and oxygen atoms in total. The number of halogens is 2. The van der Waals surface area contributed by atoms with Gasteiger partial charge in [-0.3, -0.25) is 0 Å². The molecule has 0 aliphatic rings. The summed E-state index contributed by atoms with van der Waals surface area (Å²) in [6, 6.07) is 8.69. The number of nitrogens with one attached hydrogen (secondary N) is 1. The van der Waals surface area contributed by atoms with Crippen molar-refractivity contribution >= 4 is 28.7 Å². The summed E-state index contributed by atoms with van der Waals surface area (Å²) in [4.78, 5) is 0. The number of hydrogen-bond acceptors (Lipinski definition) is 4. The highest BCUT2D eigenvalue weighted by Gasteiger charge is 2.13. The van der Waals surface area contributed by atoms with Crippen LogP contribution in [0.4, 0.5) is 21.5 Å². The zero-order valence-electron chi connectivity index (χ0n) is 10.7. The Morgan fingerprint density at radius 1 is 1.10 bits per heavy atom. The van der Waals surface area contributed by atoms with Gasteiger partial charge >= 0.3 is 0 Å². The molecule has 106 valence electrons. The lowest BCUT2D eigenvalue weighted by atomic mass is 10.1. The molecule has 0 heterocycles. The molecule has 20 heavy (non-hydrogen) atoms. The van der Waals surface area contributed by atoms with Crippen molar-refractivity contribution < 1.29 is 9.50 Å². The van der Waals surface area contributed by atoms with Crippen LogP contribution in [0.5, 0.6) is 0 Å². The van der Waals surface area contributed by atoms with E-state index in [1.807, 2.05) is 12.1 Å². The second-order valence-corrected chi connectivity index (χ2v) is 4.76. The van der Waals surface area contributed by atoms with Gasteiger partial charge in [-0.25, -0.2) is 4.39 Å². The maximum Gasteiger partial charge on any atom is 0.169 e. The molecule has 6 N–H and O–H groups in total. The molecular formula is C14H15ClFN3O. The summed E-state index contributed by atoms with van der Waals surface area (Å²) in [5.74, 6) is -0.656. The van der Waals surface area contributed by atoms with Crippen LogP contribution in [0.3, 0.4) is 0 Å². The van der Waals surface area contributed by atoms with E-state index in [0.717, 1.165) is 11.1 Å². The molecule has 0 aliphatic carbocycles. The number of rotatable bonds is 4. The fraction of sp³-hybridized carbons (Fsp3) is 0.143. The van der Waals surface area contributed by atoms with Crippen LogP contribution in [0.1, 0.15) is 11.1 Å². The van der Waals surface area contributed by atoms with Gasteiger partial charge in [-0.2, -0.15) is 0 Å². The Morgan fingerprint density at radius 2 is 1.70 bits per heavy atom. The number of anilines is 3. The van der Waals surface area contributed by atoms with E-state index in [-0.39, 0.29) is 28.7 Å². The fourth-order valence-electron chi connectivity index (χ4n) is 1.80. The third-order valence-electron chi connectivity index (χ3n) is 2.94. The SMILES string of the molecule is Nc1cc(N)c(NCc2ccc(CO)cc2)c(F)c1Cl. The number of nitrogens with two attached hydrogens (primary N) is 2. The standard InChI is InChI=1S/C14H15ClFN3O/c15-12-10(17)5-11(18)14(13(12)16)19-6-8-1-3-9(7-20)4-2-8/h1-5,19-20H,6-7,17-18H2. The van der Waals surface area contributed by atoms with E-state index in [0.29, 0.717) is 6.54 Å². The van der Waals surface area contributed by atoms with Crippen molar-refractivity contribution in [1.82, 2.24) is 0 Å². The van der Waals surface area contributed by atoms with Crippen LogP contribution in [0.2, 0.25) is 5.02 Å². The average Bonchev–Trinajstić information content (AvgIpc) is 2.45. The molecular weight excluding hydrogens is 281 g/mol. The third-order valence-corrected chi connectivity index (χ3v) is 3.32. The van der Waals surface area contributed by atoms with Crippen molar-refractivity contribution in [1.29, 1.82) is 0 Å². The van der Waals surface area contributed by atoms with Crippen molar-refractivity contribution in [2.24, 2.45) is 0 Å². The van der Waals surface area contributed by atoms with Gasteiger partial charge in [0.2, 0.25) is 0 Å². The molecule has 0 fully saturated rings. The number of nitrogen functional groups attached to an aromatic ring is 2. The minimum absolute atomic E-state index is 0.0111. The van der Waals surface area contributed by atoms with E-state index in [4.69, 9.17) is 28.2 Å². The summed E-state index contributed by atoms with van der Waals surface area (Å²) in [6.45, 7) is 0.371. The minimum Gasteiger partial charge on any atom is -0.397 e. The highest BCUT2D eigenvalue weighted by Crippen LogP contribution is 2.33. The highest BCUT2D eigenvalue weighted by atomic mass is 35.5. The fourth-order valence-corrected chi connectivity index (χ4v) is 1.95. The van der Waals surface area contributed by atoms with E-state index in [9.17, 15) is 4.39 Å². The maximum absolute atomic E-state index is 14.0. The van der Waals surface area contributed by atoms with E-state index >= 15 is 0 Å². The van der Waals surface area contributed by atoms with Gasteiger partial charge in [-0.1, -0.05) is 35.9 Å². The van der Waals surface area contributed by atoms with Crippen molar-refractivity contribution in [3.8, 4) is 0 Å². The Hall–Kier alpha value is -1.98. The normalized spacial score (nSPS) is 10.6. The summed E-state index contributed by atoms with van der Waals surface area (Å²) in [5.41, 5.74) is 13.4. The first-order valence-electron chi connectivity index (χ1n) is 5.98. The van der Waals surface area contributed by atoms with Crippen molar-refractivity contribution in [2.45, 2.75) is 13.2 Å². The zero-order chi connectivity index (χ0) is 14.7. The molecule has 0 atom stereocenters. The Bertz CT molecular complexity index is 617. The minimum atomic E-state index is -0.656. The van der Waals surface area contributed by atoms with Crippen molar-refractivity contribution in [3.05, 3.63) is 52.3 Å². The van der Waals surface area contributed by atoms with E-state index < -0.39 is 5.82 Å². The molecule has 0 amide bonds. The molecule has 0 radical (unpaired) electrons. The molecule has 2 aromatic rings. The second kappa shape index (κ2) is 5.98. The van der Waals surface area contributed by atoms with Gasteiger partial charge in [0.05, 0.1) is 23.7 Å². The zero-order valence-corrected chi connectivity index (χ0v) is 11.4. The monoisotopic (exact) mass is 295 g/mol. The summed E-state index contributed by atoms with van der Waals surface area (Å²) < 4.78 is 14.0. The summed E-state index contributed by atoms with van der Waals surface area (Å²) in [6.07, 6.45) is 0. The molecule has 0 aliphatic heterocycles. The van der Waals surface area contributed by atoms with E-state index in [1.54, 1.807) is 12.1 Å². The molecule has 0 spiro atoms. The molecule has 6 heteroatoms. The van der Waals surface area contributed by atoms with Gasteiger partial charge in [-0.05, 0) is 17.2 Å². The molecule has 2 rings (SSSR count). The van der Waals surface area contributed by atoms with Crippen molar-refractivity contribution in [3.63, 3.8) is 0 Å².